The molecular weight excluding hydrogens is 526 g/mol. The van der Waals surface area contributed by atoms with E-state index in [4.69, 9.17) is 25.8 Å². The number of rotatable bonds is 6. The molecule has 0 unspecified atom stereocenters. The first-order chi connectivity index (χ1) is 17.4. The van der Waals surface area contributed by atoms with Crippen LogP contribution >= 0.6 is 22.9 Å². The molecule has 37 heavy (non-hydrogen) atoms. The van der Waals surface area contributed by atoms with Gasteiger partial charge in [0.25, 0.3) is 0 Å². The van der Waals surface area contributed by atoms with Crippen LogP contribution in [0, 0.1) is 23.0 Å². The molecule has 0 spiro atoms. The minimum atomic E-state index is -0.899. The number of nitrogens with one attached hydrogen (secondary N) is 1. The molecule has 0 aliphatic heterocycles. The monoisotopic (exact) mass is 548 g/mol. The van der Waals surface area contributed by atoms with E-state index in [1.807, 2.05) is 6.07 Å². The number of hydrogen-bond donors (Lipinski definition) is 1. The summed E-state index contributed by atoms with van der Waals surface area (Å²) in [5, 5.41) is 12.3. The van der Waals surface area contributed by atoms with Gasteiger partial charge in [-0.2, -0.15) is 5.26 Å². The van der Waals surface area contributed by atoms with Gasteiger partial charge in [-0.25, -0.2) is 18.4 Å². The van der Waals surface area contributed by atoms with Crippen molar-refractivity contribution in [1.82, 2.24) is 0 Å². The zero-order valence-corrected chi connectivity index (χ0v) is 22.2. The number of thiophene rings is 1. The molecular formula is C26H23ClF2N2O5S. The fraction of sp³-hybridized carbons (Fsp3) is 0.269. The van der Waals surface area contributed by atoms with Gasteiger partial charge in [-0.3, -0.25) is 5.32 Å². The lowest BCUT2D eigenvalue weighted by atomic mass is 9.94. The Morgan fingerprint density at radius 1 is 1.24 bits per heavy atom. The molecule has 194 valence electrons. The summed E-state index contributed by atoms with van der Waals surface area (Å²) in [5.41, 5.74) is -1.04. The van der Waals surface area contributed by atoms with E-state index in [1.165, 1.54) is 18.4 Å². The number of anilines is 1. The number of nitrogens with zero attached hydrogens (tertiary/aromatic N) is 1. The van der Waals surface area contributed by atoms with E-state index in [2.05, 4.69) is 5.32 Å². The van der Waals surface area contributed by atoms with Gasteiger partial charge in [-0.1, -0.05) is 17.7 Å². The lowest BCUT2D eigenvalue weighted by Gasteiger charge is -2.19. The third-order valence-electron chi connectivity index (χ3n) is 4.95. The van der Waals surface area contributed by atoms with Crippen molar-refractivity contribution < 1.29 is 32.6 Å². The molecule has 0 saturated carbocycles. The Balaban J connectivity index is 2.31. The largest absolute Gasteiger partial charge is 0.501 e. The molecule has 3 rings (SSSR count). The fourth-order valence-corrected chi connectivity index (χ4v) is 4.93. The number of fused-ring (bicyclic) bond motifs is 1. The number of nitriles is 1. The molecule has 1 amide bonds. The highest BCUT2D eigenvalue weighted by molar-refractivity contribution is 7.23. The van der Waals surface area contributed by atoms with Gasteiger partial charge >= 0.3 is 12.1 Å². The zero-order valence-electron chi connectivity index (χ0n) is 20.6. The summed E-state index contributed by atoms with van der Waals surface area (Å²) < 4.78 is 45.6. The predicted octanol–water partition coefficient (Wildman–Crippen LogP) is 7.51. The first kappa shape index (κ1) is 27.9. The summed E-state index contributed by atoms with van der Waals surface area (Å²) in [6.07, 6.45) is 1.84. The number of amides is 1. The van der Waals surface area contributed by atoms with Crippen LogP contribution in [0.1, 0.15) is 49.2 Å². The highest BCUT2D eigenvalue weighted by atomic mass is 35.5. The minimum Gasteiger partial charge on any atom is -0.501 e. The Hall–Kier alpha value is -3.68. The molecule has 0 fully saturated rings. The Kier molecular flexibility index (Phi) is 8.41. The summed E-state index contributed by atoms with van der Waals surface area (Å²) >= 11 is 7.42. The molecule has 0 atom stereocenters. The van der Waals surface area contributed by atoms with E-state index in [1.54, 1.807) is 27.7 Å². The van der Waals surface area contributed by atoms with Crippen molar-refractivity contribution in [3.05, 3.63) is 57.8 Å². The third kappa shape index (κ3) is 5.84. The Bertz CT molecular complexity index is 1450. The van der Waals surface area contributed by atoms with E-state index in [-0.39, 0.29) is 47.9 Å². The molecule has 2 aromatic carbocycles. The number of hydrogen-bond acceptors (Lipinski definition) is 7. The number of benzene rings is 2. The van der Waals surface area contributed by atoms with Gasteiger partial charge in [0.2, 0.25) is 0 Å². The number of halogens is 3. The van der Waals surface area contributed by atoms with Crippen molar-refractivity contribution in [2.75, 3.05) is 19.0 Å². The molecule has 1 N–H and O–H groups in total. The Labute approximate surface area is 221 Å². The standard InChI is InChI=1S/C26H23ClF2N2O5S/c1-6-35-10-9-13-15(24(32)34-5)11-18(29)20(21(13)27)14-7-8-17(28)22-19(14)16(12-30)23(37-22)31-25(33)36-26(2,3)4/h7-11H,6H2,1-5H3,(H,31,33)/b10-9+. The predicted molar refractivity (Wildman–Crippen MR) is 139 cm³/mol. The summed E-state index contributed by atoms with van der Waals surface area (Å²) in [7, 11) is 1.14. The molecule has 1 heterocycles. The molecule has 0 aliphatic carbocycles. The molecule has 0 radical (unpaired) electrons. The molecule has 7 nitrogen and oxygen atoms in total. The van der Waals surface area contributed by atoms with E-state index in [0.717, 1.165) is 30.6 Å². The summed E-state index contributed by atoms with van der Waals surface area (Å²) in [4.78, 5) is 24.7. The lowest BCUT2D eigenvalue weighted by Crippen LogP contribution is -2.27. The highest BCUT2D eigenvalue weighted by Crippen LogP contribution is 2.46. The van der Waals surface area contributed by atoms with Crippen molar-refractivity contribution in [1.29, 1.82) is 5.26 Å². The Morgan fingerprint density at radius 2 is 1.95 bits per heavy atom. The second kappa shape index (κ2) is 11.2. The van der Waals surface area contributed by atoms with Crippen LogP contribution in [-0.4, -0.2) is 31.4 Å². The minimum absolute atomic E-state index is 0.000900. The molecule has 1 aromatic heterocycles. The molecule has 0 saturated heterocycles. The number of esters is 1. The fourth-order valence-electron chi connectivity index (χ4n) is 3.51. The van der Waals surface area contributed by atoms with Crippen LogP contribution in [-0.2, 0) is 14.2 Å². The first-order valence-electron chi connectivity index (χ1n) is 11.0. The van der Waals surface area contributed by atoms with Crippen molar-refractivity contribution in [3.63, 3.8) is 0 Å². The molecule has 0 bridgehead atoms. The van der Waals surface area contributed by atoms with Gasteiger partial charge in [0, 0.05) is 16.5 Å². The van der Waals surface area contributed by atoms with Crippen LogP contribution in [0.15, 0.2) is 24.5 Å². The maximum atomic E-state index is 15.5. The third-order valence-corrected chi connectivity index (χ3v) is 6.45. The van der Waals surface area contributed by atoms with E-state index < -0.39 is 29.3 Å². The number of carbonyl (C=O) groups excluding carboxylic acids is 2. The quantitative estimate of drug-likeness (QED) is 0.253. The van der Waals surface area contributed by atoms with E-state index in [0.29, 0.717) is 6.61 Å². The Morgan fingerprint density at radius 3 is 2.54 bits per heavy atom. The summed E-state index contributed by atoms with van der Waals surface area (Å²) in [5.74, 6) is -2.41. The topological polar surface area (TPSA) is 97.7 Å². The molecule has 3 aromatic rings. The molecule has 0 aliphatic rings. The maximum Gasteiger partial charge on any atom is 0.412 e. The number of methoxy groups -OCH3 is 1. The maximum absolute atomic E-state index is 15.5. The van der Waals surface area contributed by atoms with E-state index in [9.17, 15) is 19.2 Å². The smallest absolute Gasteiger partial charge is 0.412 e. The summed E-state index contributed by atoms with van der Waals surface area (Å²) in [6, 6.07) is 5.29. The van der Waals surface area contributed by atoms with Crippen LogP contribution in [0.25, 0.3) is 27.3 Å². The van der Waals surface area contributed by atoms with Crippen LogP contribution in [0.2, 0.25) is 5.02 Å². The lowest BCUT2D eigenvalue weighted by molar-refractivity contribution is 0.0597. The van der Waals surface area contributed by atoms with Crippen molar-refractivity contribution in [3.8, 4) is 17.2 Å². The number of ether oxygens (including phenoxy) is 3. The average Bonchev–Trinajstić information content (AvgIpc) is 3.18. The number of carbonyl (C=O) groups is 2. The first-order valence-corrected chi connectivity index (χ1v) is 12.2. The van der Waals surface area contributed by atoms with Crippen molar-refractivity contribution >= 4 is 56.2 Å². The van der Waals surface area contributed by atoms with E-state index >= 15 is 4.39 Å². The van der Waals surface area contributed by atoms with Gasteiger partial charge in [0.05, 0.1) is 40.8 Å². The van der Waals surface area contributed by atoms with Crippen LogP contribution in [0.5, 0.6) is 0 Å². The second-order valence-corrected chi connectivity index (χ2v) is 10.0. The average molecular weight is 549 g/mol. The zero-order chi connectivity index (χ0) is 27.5. The second-order valence-electron chi connectivity index (χ2n) is 8.60. The van der Waals surface area contributed by atoms with Gasteiger partial charge in [0.15, 0.2) is 0 Å². The van der Waals surface area contributed by atoms with Crippen LogP contribution in [0.3, 0.4) is 0 Å². The normalized spacial score (nSPS) is 11.4. The van der Waals surface area contributed by atoms with Gasteiger partial charge in [-0.05, 0) is 51.5 Å². The SMILES string of the molecule is CCO/C=C/c1c(C(=O)OC)cc(F)c(-c2ccc(F)c3sc(NC(=O)OC(C)(C)C)c(C#N)c23)c1Cl. The van der Waals surface area contributed by atoms with Gasteiger partial charge in [0.1, 0.15) is 28.3 Å². The van der Waals surface area contributed by atoms with Crippen LogP contribution < -0.4 is 5.32 Å². The van der Waals surface area contributed by atoms with Crippen molar-refractivity contribution in [2.45, 2.75) is 33.3 Å². The van der Waals surface area contributed by atoms with Gasteiger partial charge in [-0.15, -0.1) is 11.3 Å². The van der Waals surface area contributed by atoms with Crippen LogP contribution in [0.4, 0.5) is 18.6 Å². The highest BCUT2D eigenvalue weighted by Gasteiger charge is 2.27. The summed E-state index contributed by atoms with van der Waals surface area (Å²) in [6.45, 7) is 7.09. The van der Waals surface area contributed by atoms with Crippen molar-refractivity contribution in [2.24, 2.45) is 0 Å². The van der Waals surface area contributed by atoms with Gasteiger partial charge < -0.3 is 14.2 Å². The molecule has 11 heteroatoms.